The van der Waals surface area contributed by atoms with Gasteiger partial charge in [0.2, 0.25) is 0 Å². The highest BCUT2D eigenvalue weighted by Crippen LogP contribution is 2.14. The molecule has 90 valence electrons. The van der Waals surface area contributed by atoms with E-state index in [0.29, 0.717) is 6.04 Å². The maximum Gasteiger partial charge on any atom is 0.0991 e. The standard InChI is InChI=1S/C15H20N2/c16-12-14-6-4-5-13(11-14)8-9-15-7-2-1-3-10-17-15/h4-6,11,15,17H,1-3,7-10H2. The maximum atomic E-state index is 8.85. The van der Waals surface area contributed by atoms with E-state index in [1.807, 2.05) is 18.2 Å². The monoisotopic (exact) mass is 228 g/mol. The zero-order valence-electron chi connectivity index (χ0n) is 10.3. The minimum absolute atomic E-state index is 0.670. The highest BCUT2D eigenvalue weighted by molar-refractivity contribution is 5.32. The van der Waals surface area contributed by atoms with Crippen molar-refractivity contribution in [1.29, 1.82) is 5.26 Å². The van der Waals surface area contributed by atoms with Gasteiger partial charge in [-0.15, -0.1) is 0 Å². The molecule has 1 fully saturated rings. The molecule has 2 nitrogen and oxygen atoms in total. The second-order valence-corrected chi connectivity index (χ2v) is 4.85. The summed E-state index contributed by atoms with van der Waals surface area (Å²) >= 11 is 0. The van der Waals surface area contributed by atoms with E-state index in [2.05, 4.69) is 17.5 Å². The number of nitrogens with zero attached hydrogens (tertiary/aromatic N) is 1. The van der Waals surface area contributed by atoms with Gasteiger partial charge in [-0.1, -0.05) is 25.0 Å². The summed E-state index contributed by atoms with van der Waals surface area (Å²) < 4.78 is 0. The predicted octanol–water partition coefficient (Wildman–Crippen LogP) is 3.02. The van der Waals surface area contributed by atoms with Crippen LogP contribution in [-0.2, 0) is 6.42 Å². The number of hydrogen-bond donors (Lipinski definition) is 1. The molecule has 0 aromatic heterocycles. The lowest BCUT2D eigenvalue weighted by atomic mass is 10.0. The third-order valence-corrected chi connectivity index (χ3v) is 3.50. The predicted molar refractivity (Wildman–Crippen MR) is 69.7 cm³/mol. The molecule has 1 N–H and O–H groups in total. The van der Waals surface area contributed by atoms with Gasteiger partial charge in [-0.3, -0.25) is 0 Å². The van der Waals surface area contributed by atoms with Gasteiger partial charge in [0.25, 0.3) is 0 Å². The van der Waals surface area contributed by atoms with Gasteiger partial charge in [-0.05, 0) is 49.9 Å². The van der Waals surface area contributed by atoms with E-state index in [1.165, 1.54) is 44.2 Å². The van der Waals surface area contributed by atoms with Crippen LogP contribution < -0.4 is 5.32 Å². The average molecular weight is 228 g/mol. The van der Waals surface area contributed by atoms with Crippen LogP contribution in [0.1, 0.15) is 43.2 Å². The Balaban J connectivity index is 1.86. The minimum Gasteiger partial charge on any atom is -0.314 e. The van der Waals surface area contributed by atoms with Crippen molar-refractivity contribution in [2.75, 3.05) is 6.54 Å². The number of nitrogens with one attached hydrogen (secondary N) is 1. The van der Waals surface area contributed by atoms with Crippen LogP contribution in [0.4, 0.5) is 0 Å². The fourth-order valence-electron chi connectivity index (χ4n) is 2.48. The summed E-state index contributed by atoms with van der Waals surface area (Å²) in [6.07, 6.45) is 7.61. The molecule has 0 radical (unpaired) electrons. The summed E-state index contributed by atoms with van der Waals surface area (Å²) in [4.78, 5) is 0. The zero-order chi connectivity index (χ0) is 11.9. The molecule has 1 aliphatic heterocycles. The molecule has 1 heterocycles. The van der Waals surface area contributed by atoms with E-state index < -0.39 is 0 Å². The fourth-order valence-corrected chi connectivity index (χ4v) is 2.48. The highest BCUT2D eigenvalue weighted by Gasteiger charge is 2.11. The Morgan fingerprint density at radius 2 is 2.24 bits per heavy atom. The van der Waals surface area contributed by atoms with Crippen LogP contribution in [0.2, 0.25) is 0 Å². The van der Waals surface area contributed by atoms with Gasteiger partial charge < -0.3 is 5.32 Å². The molecule has 1 saturated heterocycles. The molecule has 0 aliphatic carbocycles. The Bertz CT molecular complexity index is 384. The molecule has 1 aliphatic rings. The Morgan fingerprint density at radius 3 is 3.12 bits per heavy atom. The number of aryl methyl sites for hydroxylation is 1. The average Bonchev–Trinajstić information content (AvgIpc) is 2.65. The van der Waals surface area contributed by atoms with E-state index in [-0.39, 0.29) is 0 Å². The van der Waals surface area contributed by atoms with Crippen molar-refractivity contribution in [3.05, 3.63) is 35.4 Å². The first kappa shape index (κ1) is 12.1. The highest BCUT2D eigenvalue weighted by atomic mass is 14.9. The van der Waals surface area contributed by atoms with Gasteiger partial charge >= 0.3 is 0 Å². The largest absolute Gasteiger partial charge is 0.314 e. The number of rotatable bonds is 3. The summed E-state index contributed by atoms with van der Waals surface area (Å²) in [5.74, 6) is 0. The third kappa shape index (κ3) is 3.87. The van der Waals surface area contributed by atoms with Gasteiger partial charge in [-0.2, -0.15) is 5.26 Å². The van der Waals surface area contributed by atoms with E-state index in [0.717, 1.165) is 12.0 Å². The molecule has 1 aromatic carbocycles. The molecule has 1 unspecified atom stereocenters. The maximum absolute atomic E-state index is 8.85. The summed E-state index contributed by atoms with van der Waals surface area (Å²) in [6, 6.07) is 10.9. The zero-order valence-corrected chi connectivity index (χ0v) is 10.3. The first-order chi connectivity index (χ1) is 8.38. The molecule has 1 atom stereocenters. The van der Waals surface area contributed by atoms with Crippen molar-refractivity contribution in [3.8, 4) is 6.07 Å². The first-order valence-electron chi connectivity index (χ1n) is 6.61. The molecule has 0 bridgehead atoms. The molecule has 0 spiro atoms. The van der Waals surface area contributed by atoms with Crippen molar-refractivity contribution >= 4 is 0 Å². The number of hydrogen-bond acceptors (Lipinski definition) is 2. The Kier molecular flexibility index (Phi) is 4.58. The van der Waals surface area contributed by atoms with E-state index in [9.17, 15) is 0 Å². The quantitative estimate of drug-likeness (QED) is 0.863. The minimum atomic E-state index is 0.670. The Labute approximate surface area is 104 Å². The lowest BCUT2D eigenvalue weighted by Gasteiger charge is -2.15. The van der Waals surface area contributed by atoms with Crippen LogP contribution in [0.5, 0.6) is 0 Å². The topological polar surface area (TPSA) is 35.8 Å². The fraction of sp³-hybridized carbons (Fsp3) is 0.533. The van der Waals surface area contributed by atoms with Crippen molar-refractivity contribution in [2.24, 2.45) is 0 Å². The molecule has 17 heavy (non-hydrogen) atoms. The Morgan fingerprint density at radius 1 is 1.29 bits per heavy atom. The van der Waals surface area contributed by atoms with E-state index >= 15 is 0 Å². The van der Waals surface area contributed by atoms with Crippen LogP contribution in [0.15, 0.2) is 24.3 Å². The normalized spacial score (nSPS) is 20.5. The van der Waals surface area contributed by atoms with Gasteiger partial charge in [0.05, 0.1) is 11.6 Å². The molecule has 0 saturated carbocycles. The molecular weight excluding hydrogens is 208 g/mol. The Hall–Kier alpha value is -1.33. The van der Waals surface area contributed by atoms with E-state index in [4.69, 9.17) is 5.26 Å². The first-order valence-corrected chi connectivity index (χ1v) is 6.61. The van der Waals surface area contributed by atoms with Gasteiger partial charge in [0, 0.05) is 6.04 Å². The van der Waals surface area contributed by atoms with Gasteiger partial charge in [0.1, 0.15) is 0 Å². The molecule has 0 amide bonds. The van der Waals surface area contributed by atoms with Crippen molar-refractivity contribution in [2.45, 2.75) is 44.6 Å². The van der Waals surface area contributed by atoms with Gasteiger partial charge in [0.15, 0.2) is 0 Å². The van der Waals surface area contributed by atoms with Crippen LogP contribution >= 0.6 is 0 Å². The molecular formula is C15H20N2. The summed E-state index contributed by atoms with van der Waals surface area (Å²) in [5.41, 5.74) is 2.06. The smallest absolute Gasteiger partial charge is 0.0991 e. The van der Waals surface area contributed by atoms with Crippen LogP contribution in [0.3, 0.4) is 0 Å². The molecule has 2 rings (SSSR count). The van der Waals surface area contributed by atoms with Crippen LogP contribution in [0.25, 0.3) is 0 Å². The third-order valence-electron chi connectivity index (χ3n) is 3.50. The van der Waals surface area contributed by atoms with Crippen LogP contribution in [-0.4, -0.2) is 12.6 Å². The van der Waals surface area contributed by atoms with Crippen molar-refractivity contribution in [1.82, 2.24) is 5.32 Å². The van der Waals surface area contributed by atoms with Crippen LogP contribution in [0, 0.1) is 11.3 Å². The summed E-state index contributed by atoms with van der Waals surface area (Å²) in [6.45, 7) is 1.17. The SMILES string of the molecule is N#Cc1cccc(CCC2CCCCCN2)c1. The van der Waals surface area contributed by atoms with Gasteiger partial charge in [-0.25, -0.2) is 0 Å². The van der Waals surface area contributed by atoms with Crippen molar-refractivity contribution < 1.29 is 0 Å². The number of benzene rings is 1. The molecule has 2 heteroatoms. The lowest BCUT2D eigenvalue weighted by molar-refractivity contribution is 0.478. The number of nitriles is 1. The molecule has 1 aromatic rings. The second kappa shape index (κ2) is 6.42. The van der Waals surface area contributed by atoms with Crippen molar-refractivity contribution in [3.63, 3.8) is 0 Å². The lowest BCUT2D eigenvalue weighted by Crippen LogP contribution is -2.28. The summed E-state index contributed by atoms with van der Waals surface area (Å²) in [5, 5.41) is 12.5. The summed E-state index contributed by atoms with van der Waals surface area (Å²) in [7, 11) is 0. The second-order valence-electron chi connectivity index (χ2n) is 4.85. The van der Waals surface area contributed by atoms with E-state index in [1.54, 1.807) is 0 Å².